The van der Waals surface area contributed by atoms with E-state index in [0.717, 1.165) is 37.0 Å². The second kappa shape index (κ2) is 7.33. The van der Waals surface area contributed by atoms with Crippen LogP contribution in [0.5, 0.6) is 0 Å². The van der Waals surface area contributed by atoms with Gasteiger partial charge in [-0.25, -0.2) is 4.90 Å². The Morgan fingerprint density at radius 2 is 1.41 bits per heavy atom. The molecule has 1 unspecified atom stereocenters. The van der Waals surface area contributed by atoms with Crippen LogP contribution in [0.4, 0.5) is 11.4 Å². The summed E-state index contributed by atoms with van der Waals surface area (Å²) >= 11 is 0. The van der Waals surface area contributed by atoms with Gasteiger partial charge in [-0.1, -0.05) is 54.6 Å². The lowest BCUT2D eigenvalue weighted by Crippen LogP contribution is -2.52. The van der Waals surface area contributed by atoms with Crippen LogP contribution in [0.25, 0.3) is 10.8 Å². The van der Waals surface area contributed by atoms with Crippen molar-refractivity contribution in [3.05, 3.63) is 72.8 Å². The second-order valence-corrected chi connectivity index (χ2v) is 7.64. The molecule has 0 saturated carbocycles. The Kier molecular flexibility index (Phi) is 4.52. The van der Waals surface area contributed by atoms with Gasteiger partial charge in [0.05, 0.1) is 18.2 Å². The van der Waals surface area contributed by atoms with Gasteiger partial charge in [-0.15, -0.1) is 0 Å². The van der Waals surface area contributed by atoms with Gasteiger partial charge in [-0.05, 0) is 23.6 Å². The number of hydrogen-bond donors (Lipinski definition) is 0. The van der Waals surface area contributed by atoms with E-state index in [1.54, 1.807) is 0 Å². The van der Waals surface area contributed by atoms with Crippen molar-refractivity contribution in [1.82, 2.24) is 4.90 Å². The highest BCUT2D eigenvalue weighted by atomic mass is 16.2. The Balaban J connectivity index is 1.35. The zero-order chi connectivity index (χ0) is 19.8. The number of imide groups is 1. The molecule has 2 heterocycles. The van der Waals surface area contributed by atoms with Crippen LogP contribution >= 0.6 is 0 Å². The maximum absolute atomic E-state index is 13.3. The van der Waals surface area contributed by atoms with Crippen molar-refractivity contribution in [2.75, 3.05) is 36.0 Å². The van der Waals surface area contributed by atoms with E-state index in [0.29, 0.717) is 5.69 Å². The smallest absolute Gasteiger partial charge is 0.251 e. The number of piperazine rings is 1. The summed E-state index contributed by atoms with van der Waals surface area (Å²) in [5.74, 6) is -0.207. The van der Waals surface area contributed by atoms with E-state index in [4.69, 9.17) is 0 Å². The van der Waals surface area contributed by atoms with Crippen LogP contribution in [-0.2, 0) is 9.59 Å². The van der Waals surface area contributed by atoms with Crippen LogP contribution in [0.1, 0.15) is 6.42 Å². The molecule has 146 valence electrons. The predicted molar refractivity (Wildman–Crippen MR) is 115 cm³/mol. The molecule has 2 saturated heterocycles. The van der Waals surface area contributed by atoms with Crippen molar-refractivity contribution in [2.24, 2.45) is 0 Å². The number of nitrogens with zero attached hydrogens (tertiary/aromatic N) is 3. The van der Waals surface area contributed by atoms with Gasteiger partial charge in [-0.2, -0.15) is 0 Å². The van der Waals surface area contributed by atoms with E-state index in [2.05, 4.69) is 21.9 Å². The minimum absolute atomic E-state index is 0.0977. The van der Waals surface area contributed by atoms with Crippen molar-refractivity contribution in [2.45, 2.75) is 12.5 Å². The van der Waals surface area contributed by atoms with Crippen LogP contribution in [0.3, 0.4) is 0 Å². The van der Waals surface area contributed by atoms with Crippen molar-refractivity contribution in [3.8, 4) is 0 Å². The minimum Gasteiger partial charge on any atom is -0.369 e. The topological polar surface area (TPSA) is 43.9 Å². The molecule has 0 aromatic heterocycles. The average molecular weight is 385 g/mol. The van der Waals surface area contributed by atoms with E-state index in [9.17, 15) is 9.59 Å². The second-order valence-electron chi connectivity index (χ2n) is 7.64. The summed E-state index contributed by atoms with van der Waals surface area (Å²) in [6.45, 7) is 3.27. The molecule has 0 spiro atoms. The van der Waals surface area contributed by atoms with E-state index < -0.39 is 0 Å². The minimum atomic E-state index is -0.362. The number of para-hydroxylation sites is 1. The maximum atomic E-state index is 13.3. The van der Waals surface area contributed by atoms with E-state index in [1.165, 1.54) is 10.6 Å². The molecule has 3 aromatic rings. The zero-order valence-corrected chi connectivity index (χ0v) is 16.2. The summed E-state index contributed by atoms with van der Waals surface area (Å²) < 4.78 is 0. The standard InChI is InChI=1S/C24H23N3O2/c28-23-17-22(26-15-13-25(14-16-26)19-9-2-1-3-10-19)24(29)27(23)21-12-6-8-18-7-4-5-11-20(18)21/h1-12,22H,13-17H2. The molecule has 5 nitrogen and oxygen atoms in total. The quantitative estimate of drug-likeness (QED) is 0.649. The molecule has 5 rings (SSSR count). The number of carbonyl (C=O) groups is 2. The number of benzene rings is 3. The molecule has 2 aliphatic heterocycles. The summed E-state index contributed by atoms with van der Waals surface area (Å²) in [5, 5.41) is 1.97. The number of anilines is 2. The Bertz CT molecular complexity index is 1050. The van der Waals surface area contributed by atoms with Crippen LogP contribution in [0.2, 0.25) is 0 Å². The first-order chi connectivity index (χ1) is 14.2. The lowest BCUT2D eigenvalue weighted by molar-refractivity contribution is -0.123. The average Bonchev–Trinajstić information content (AvgIpc) is 3.08. The molecule has 1 atom stereocenters. The molecule has 3 aromatic carbocycles. The molecule has 29 heavy (non-hydrogen) atoms. The van der Waals surface area contributed by atoms with Crippen molar-refractivity contribution in [3.63, 3.8) is 0 Å². The SMILES string of the molecule is O=C1CC(N2CCN(c3ccccc3)CC2)C(=O)N1c1cccc2ccccc12. The number of rotatable bonds is 3. The molecule has 5 heteroatoms. The zero-order valence-electron chi connectivity index (χ0n) is 16.2. The molecule has 2 fully saturated rings. The van der Waals surface area contributed by atoms with Crippen LogP contribution in [0, 0.1) is 0 Å². The normalized spacial score (nSPS) is 20.6. The Morgan fingerprint density at radius 1 is 0.724 bits per heavy atom. The Morgan fingerprint density at radius 3 is 2.21 bits per heavy atom. The number of hydrogen-bond acceptors (Lipinski definition) is 4. The molecule has 0 radical (unpaired) electrons. The van der Waals surface area contributed by atoms with Crippen LogP contribution in [-0.4, -0.2) is 48.9 Å². The molecule has 0 N–H and O–H groups in total. The van der Waals surface area contributed by atoms with Gasteiger partial charge in [0.15, 0.2) is 0 Å². The van der Waals surface area contributed by atoms with Crippen LogP contribution < -0.4 is 9.80 Å². The summed E-state index contributed by atoms with van der Waals surface area (Å²) in [4.78, 5) is 32.0. The Hall–Kier alpha value is -3.18. The third-order valence-electron chi connectivity index (χ3n) is 6.01. The summed E-state index contributed by atoms with van der Waals surface area (Å²) in [6.07, 6.45) is 0.257. The highest BCUT2D eigenvalue weighted by molar-refractivity contribution is 6.25. The van der Waals surface area contributed by atoms with Gasteiger partial charge in [0.25, 0.3) is 5.91 Å². The van der Waals surface area contributed by atoms with Crippen molar-refractivity contribution >= 4 is 34.0 Å². The van der Waals surface area contributed by atoms with E-state index in [1.807, 2.05) is 60.7 Å². The highest BCUT2D eigenvalue weighted by Crippen LogP contribution is 2.32. The monoisotopic (exact) mass is 385 g/mol. The number of amides is 2. The fourth-order valence-electron chi connectivity index (χ4n) is 4.49. The largest absolute Gasteiger partial charge is 0.369 e. The summed E-state index contributed by atoms with van der Waals surface area (Å²) in [6, 6.07) is 23.6. The Labute approximate surface area is 170 Å². The van der Waals surface area contributed by atoms with Gasteiger partial charge < -0.3 is 4.90 Å². The third kappa shape index (κ3) is 3.17. The molecular weight excluding hydrogens is 362 g/mol. The van der Waals surface area contributed by atoms with Gasteiger partial charge in [0.2, 0.25) is 5.91 Å². The maximum Gasteiger partial charge on any atom is 0.251 e. The first kappa shape index (κ1) is 17.9. The fraction of sp³-hybridized carbons (Fsp3) is 0.250. The van der Waals surface area contributed by atoms with Crippen molar-refractivity contribution < 1.29 is 9.59 Å². The molecular formula is C24H23N3O2. The lowest BCUT2D eigenvalue weighted by Gasteiger charge is -2.38. The van der Waals surface area contributed by atoms with E-state index >= 15 is 0 Å². The molecule has 0 bridgehead atoms. The molecule has 0 aliphatic carbocycles. The van der Waals surface area contributed by atoms with E-state index in [-0.39, 0.29) is 24.3 Å². The van der Waals surface area contributed by atoms with Crippen LogP contribution in [0.15, 0.2) is 72.8 Å². The van der Waals surface area contributed by atoms with Gasteiger partial charge in [0.1, 0.15) is 0 Å². The highest BCUT2D eigenvalue weighted by Gasteiger charge is 2.43. The van der Waals surface area contributed by atoms with Gasteiger partial charge in [-0.3, -0.25) is 14.5 Å². The number of carbonyl (C=O) groups excluding carboxylic acids is 2. The van der Waals surface area contributed by atoms with Gasteiger partial charge in [0, 0.05) is 37.3 Å². The number of fused-ring (bicyclic) bond motifs is 1. The lowest BCUT2D eigenvalue weighted by atomic mass is 10.1. The summed E-state index contributed by atoms with van der Waals surface area (Å²) in [5.41, 5.74) is 1.90. The predicted octanol–water partition coefficient (Wildman–Crippen LogP) is 3.29. The first-order valence-electron chi connectivity index (χ1n) is 10.1. The fourth-order valence-corrected chi connectivity index (χ4v) is 4.49. The van der Waals surface area contributed by atoms with Gasteiger partial charge >= 0.3 is 0 Å². The molecule has 2 amide bonds. The first-order valence-corrected chi connectivity index (χ1v) is 10.1. The third-order valence-corrected chi connectivity index (χ3v) is 6.01. The summed E-state index contributed by atoms with van der Waals surface area (Å²) in [7, 11) is 0. The molecule has 2 aliphatic rings. The van der Waals surface area contributed by atoms with Crippen molar-refractivity contribution in [1.29, 1.82) is 0 Å².